The monoisotopic (exact) mass is 374 g/mol. The molecule has 0 atom stereocenters. The number of nitrogens with one attached hydrogen (secondary N) is 1. The van der Waals surface area contributed by atoms with Gasteiger partial charge >= 0.3 is 0 Å². The summed E-state index contributed by atoms with van der Waals surface area (Å²) in [6.45, 7) is 5.82. The summed E-state index contributed by atoms with van der Waals surface area (Å²) in [4.78, 5) is 12.7. The van der Waals surface area contributed by atoms with Crippen LogP contribution in [0.2, 0.25) is 5.02 Å². The highest BCUT2D eigenvalue weighted by Crippen LogP contribution is 2.23. The van der Waals surface area contributed by atoms with Gasteiger partial charge in [-0.3, -0.25) is 9.48 Å². The third kappa shape index (κ3) is 3.43. The quantitative estimate of drug-likeness (QED) is 0.735. The third-order valence-electron chi connectivity index (χ3n) is 4.13. The molecule has 0 aliphatic carbocycles. The van der Waals surface area contributed by atoms with Gasteiger partial charge in [0.2, 0.25) is 0 Å². The Balaban J connectivity index is 1.87. The fourth-order valence-electron chi connectivity index (χ4n) is 2.63. The van der Waals surface area contributed by atoms with Crippen LogP contribution in [-0.4, -0.2) is 28.0 Å². The minimum Gasteiger partial charge on any atom is -0.497 e. The molecule has 0 saturated heterocycles. The zero-order chi connectivity index (χ0) is 18.8. The molecular formula is C18H19ClN4O3. The van der Waals surface area contributed by atoms with Crippen LogP contribution in [0.25, 0.3) is 0 Å². The first-order valence-corrected chi connectivity index (χ1v) is 8.38. The Kier molecular flexibility index (Phi) is 4.99. The molecule has 8 heteroatoms. The van der Waals surface area contributed by atoms with Crippen LogP contribution in [0.3, 0.4) is 0 Å². The highest BCUT2D eigenvalue weighted by Gasteiger charge is 2.22. The minimum atomic E-state index is -0.363. The molecule has 0 radical (unpaired) electrons. The van der Waals surface area contributed by atoms with Crippen LogP contribution in [0.15, 0.2) is 28.8 Å². The van der Waals surface area contributed by atoms with Crippen LogP contribution in [0.5, 0.6) is 5.75 Å². The SMILES string of the molecule is COc1cccc(NC(=O)c2noc(C)c2Cn2nc(C)c(Cl)c2C)c1. The summed E-state index contributed by atoms with van der Waals surface area (Å²) in [6.07, 6.45) is 0. The zero-order valence-corrected chi connectivity index (χ0v) is 15.7. The zero-order valence-electron chi connectivity index (χ0n) is 15.0. The van der Waals surface area contributed by atoms with Gasteiger partial charge in [0.15, 0.2) is 5.69 Å². The van der Waals surface area contributed by atoms with E-state index >= 15 is 0 Å². The summed E-state index contributed by atoms with van der Waals surface area (Å²) >= 11 is 6.20. The summed E-state index contributed by atoms with van der Waals surface area (Å²) in [7, 11) is 1.57. The molecule has 0 aliphatic heterocycles. The maximum atomic E-state index is 12.7. The largest absolute Gasteiger partial charge is 0.497 e. The van der Waals surface area contributed by atoms with Crippen LogP contribution in [-0.2, 0) is 6.54 Å². The average Bonchev–Trinajstić information content (AvgIpc) is 3.11. The van der Waals surface area contributed by atoms with Gasteiger partial charge in [0.1, 0.15) is 11.5 Å². The molecule has 0 unspecified atom stereocenters. The van der Waals surface area contributed by atoms with Gasteiger partial charge < -0.3 is 14.6 Å². The van der Waals surface area contributed by atoms with E-state index in [1.165, 1.54) is 0 Å². The van der Waals surface area contributed by atoms with E-state index < -0.39 is 0 Å². The van der Waals surface area contributed by atoms with E-state index in [0.29, 0.717) is 34.3 Å². The molecule has 2 heterocycles. The van der Waals surface area contributed by atoms with Crippen LogP contribution >= 0.6 is 11.6 Å². The minimum absolute atomic E-state index is 0.217. The molecule has 1 aromatic carbocycles. The molecule has 0 saturated carbocycles. The van der Waals surface area contributed by atoms with Gasteiger partial charge in [-0.2, -0.15) is 5.10 Å². The number of amides is 1. The second-order valence-corrected chi connectivity index (χ2v) is 6.27. The second kappa shape index (κ2) is 7.21. The standard InChI is InChI=1S/C18H19ClN4O3/c1-10-16(19)11(2)23(21-10)9-15-12(3)26-22-17(15)18(24)20-13-6-5-7-14(8-13)25-4/h5-8H,9H2,1-4H3,(H,20,24). The number of carbonyl (C=O) groups excluding carboxylic acids is 1. The molecule has 7 nitrogen and oxygen atoms in total. The number of hydrogen-bond acceptors (Lipinski definition) is 5. The summed E-state index contributed by atoms with van der Waals surface area (Å²) < 4.78 is 12.1. The predicted octanol–water partition coefficient (Wildman–Crippen LogP) is 3.76. The lowest BCUT2D eigenvalue weighted by molar-refractivity contribution is 0.101. The predicted molar refractivity (Wildman–Crippen MR) is 98.0 cm³/mol. The molecule has 3 aromatic rings. The van der Waals surface area contributed by atoms with Gasteiger partial charge in [-0.05, 0) is 32.9 Å². The number of hydrogen-bond donors (Lipinski definition) is 1. The van der Waals surface area contributed by atoms with Crippen molar-refractivity contribution in [3.05, 3.63) is 57.7 Å². The van der Waals surface area contributed by atoms with Gasteiger partial charge in [-0.15, -0.1) is 0 Å². The normalized spacial score (nSPS) is 10.8. The van der Waals surface area contributed by atoms with E-state index in [9.17, 15) is 4.79 Å². The topological polar surface area (TPSA) is 82.2 Å². The lowest BCUT2D eigenvalue weighted by Gasteiger charge is -2.08. The molecule has 3 rings (SSSR count). The van der Waals surface area contributed by atoms with Gasteiger partial charge in [0, 0.05) is 17.3 Å². The Hall–Kier alpha value is -2.80. The van der Waals surface area contributed by atoms with Gasteiger partial charge in [0.25, 0.3) is 5.91 Å². The lowest BCUT2D eigenvalue weighted by Crippen LogP contribution is -2.16. The van der Waals surface area contributed by atoms with Gasteiger partial charge in [-0.1, -0.05) is 22.8 Å². The Morgan fingerprint density at radius 1 is 1.35 bits per heavy atom. The van der Waals surface area contributed by atoms with Crippen molar-refractivity contribution < 1.29 is 14.1 Å². The smallest absolute Gasteiger partial charge is 0.278 e. The summed E-state index contributed by atoms with van der Waals surface area (Å²) in [6, 6.07) is 7.09. The van der Waals surface area contributed by atoms with Crippen molar-refractivity contribution >= 4 is 23.2 Å². The first-order chi connectivity index (χ1) is 12.4. The van der Waals surface area contributed by atoms with E-state index in [-0.39, 0.29) is 11.6 Å². The van der Waals surface area contributed by atoms with Crippen molar-refractivity contribution in [1.29, 1.82) is 0 Å². The number of nitrogens with zero attached hydrogens (tertiary/aromatic N) is 3. The maximum absolute atomic E-state index is 12.7. The Morgan fingerprint density at radius 3 is 2.77 bits per heavy atom. The van der Waals surface area contributed by atoms with Crippen molar-refractivity contribution in [3.8, 4) is 5.75 Å². The van der Waals surface area contributed by atoms with Crippen molar-refractivity contribution in [2.24, 2.45) is 0 Å². The van der Waals surface area contributed by atoms with Gasteiger partial charge in [0.05, 0.1) is 30.1 Å². The number of halogens is 1. The fraction of sp³-hybridized carbons (Fsp3) is 0.278. The summed E-state index contributed by atoms with van der Waals surface area (Å²) in [5.74, 6) is 0.846. The average molecular weight is 375 g/mol. The highest BCUT2D eigenvalue weighted by molar-refractivity contribution is 6.31. The second-order valence-electron chi connectivity index (χ2n) is 5.89. The number of methoxy groups -OCH3 is 1. The van der Waals surface area contributed by atoms with Crippen molar-refractivity contribution in [2.45, 2.75) is 27.3 Å². The van der Waals surface area contributed by atoms with Crippen LogP contribution in [0, 0.1) is 20.8 Å². The van der Waals surface area contributed by atoms with E-state index in [2.05, 4.69) is 15.6 Å². The maximum Gasteiger partial charge on any atom is 0.278 e. The van der Waals surface area contributed by atoms with Crippen molar-refractivity contribution in [3.63, 3.8) is 0 Å². The number of rotatable bonds is 5. The molecule has 0 fully saturated rings. The number of benzene rings is 1. The highest BCUT2D eigenvalue weighted by atomic mass is 35.5. The number of aromatic nitrogens is 3. The summed E-state index contributed by atoms with van der Waals surface area (Å²) in [5, 5.41) is 11.7. The van der Waals surface area contributed by atoms with E-state index in [1.807, 2.05) is 13.8 Å². The molecule has 1 N–H and O–H groups in total. The van der Waals surface area contributed by atoms with E-state index in [1.54, 1.807) is 43.0 Å². The van der Waals surface area contributed by atoms with Crippen LogP contribution in [0.4, 0.5) is 5.69 Å². The van der Waals surface area contributed by atoms with Crippen LogP contribution < -0.4 is 10.1 Å². The first-order valence-electron chi connectivity index (χ1n) is 8.00. The van der Waals surface area contributed by atoms with Crippen LogP contribution in [0.1, 0.15) is 33.2 Å². The van der Waals surface area contributed by atoms with Crippen molar-refractivity contribution in [1.82, 2.24) is 14.9 Å². The first kappa shape index (κ1) is 18.0. The number of ether oxygens (including phenoxy) is 1. The molecule has 2 aromatic heterocycles. The molecule has 0 spiro atoms. The van der Waals surface area contributed by atoms with E-state index in [0.717, 1.165) is 11.4 Å². The lowest BCUT2D eigenvalue weighted by atomic mass is 10.1. The Morgan fingerprint density at radius 2 is 2.12 bits per heavy atom. The fourth-order valence-corrected chi connectivity index (χ4v) is 2.76. The van der Waals surface area contributed by atoms with Gasteiger partial charge in [-0.25, -0.2) is 0 Å². The summed E-state index contributed by atoms with van der Waals surface area (Å²) in [5.41, 5.74) is 3.04. The molecule has 0 bridgehead atoms. The Labute approximate surface area is 155 Å². The van der Waals surface area contributed by atoms with E-state index in [4.69, 9.17) is 20.9 Å². The molecule has 0 aliphatic rings. The number of aryl methyl sites for hydroxylation is 2. The third-order valence-corrected chi connectivity index (χ3v) is 4.68. The molecular weight excluding hydrogens is 356 g/mol. The molecule has 1 amide bonds. The Bertz CT molecular complexity index is 961. The molecule has 136 valence electrons. The number of anilines is 1. The molecule has 26 heavy (non-hydrogen) atoms. The number of carbonyl (C=O) groups is 1. The van der Waals surface area contributed by atoms with Crippen molar-refractivity contribution in [2.75, 3.05) is 12.4 Å².